The zero-order valence-electron chi connectivity index (χ0n) is 19.3. The molecule has 36 heavy (non-hydrogen) atoms. The van der Waals surface area contributed by atoms with E-state index >= 15 is 0 Å². The molecule has 1 aliphatic heterocycles. The molecule has 0 saturated carbocycles. The van der Waals surface area contributed by atoms with E-state index in [2.05, 4.69) is 72.8 Å². The minimum atomic E-state index is -0.987. The summed E-state index contributed by atoms with van der Waals surface area (Å²) in [5, 5.41) is 0. The SMILES string of the molecule is O=C1OC(c2ccc(Sc3ccccc3)cc2)(c2ccc(Sc3ccccc3)cc2)c2ccccc21. The van der Waals surface area contributed by atoms with Gasteiger partial charge in [0.1, 0.15) is 0 Å². The molecule has 0 radical (unpaired) electrons. The Kier molecular flexibility index (Phi) is 6.14. The van der Waals surface area contributed by atoms with Crippen molar-refractivity contribution in [3.8, 4) is 0 Å². The van der Waals surface area contributed by atoms with Gasteiger partial charge in [0.25, 0.3) is 0 Å². The quantitative estimate of drug-likeness (QED) is 0.218. The van der Waals surface area contributed by atoms with E-state index in [1.165, 1.54) is 9.79 Å². The van der Waals surface area contributed by atoms with Gasteiger partial charge < -0.3 is 4.74 Å². The summed E-state index contributed by atoms with van der Waals surface area (Å²) in [4.78, 5) is 17.6. The van der Waals surface area contributed by atoms with Crippen LogP contribution in [0.3, 0.4) is 0 Å². The van der Waals surface area contributed by atoms with Gasteiger partial charge >= 0.3 is 5.97 Å². The molecule has 0 fully saturated rings. The molecule has 174 valence electrons. The van der Waals surface area contributed by atoms with Crippen molar-refractivity contribution in [1.29, 1.82) is 0 Å². The predicted octanol–water partition coefficient (Wildman–Crippen LogP) is 8.45. The lowest BCUT2D eigenvalue weighted by atomic mass is 9.80. The molecule has 1 aliphatic rings. The van der Waals surface area contributed by atoms with Crippen molar-refractivity contribution in [3.63, 3.8) is 0 Å². The fourth-order valence-corrected chi connectivity index (χ4v) is 6.25. The molecule has 5 aromatic carbocycles. The minimum absolute atomic E-state index is 0.295. The Bertz CT molecular complexity index is 1410. The van der Waals surface area contributed by atoms with Gasteiger partial charge in [0.2, 0.25) is 0 Å². The van der Waals surface area contributed by atoms with Crippen molar-refractivity contribution in [1.82, 2.24) is 0 Å². The molecule has 0 atom stereocenters. The summed E-state index contributed by atoms with van der Waals surface area (Å²) in [7, 11) is 0. The molecule has 0 spiro atoms. The maximum absolute atomic E-state index is 13.0. The Hall–Kier alpha value is -3.73. The summed E-state index contributed by atoms with van der Waals surface area (Å²) in [5.41, 5.74) is 2.37. The first-order valence-electron chi connectivity index (χ1n) is 11.7. The molecular weight excluding hydrogens is 480 g/mol. The maximum Gasteiger partial charge on any atom is 0.340 e. The topological polar surface area (TPSA) is 26.3 Å². The van der Waals surface area contributed by atoms with Gasteiger partial charge in [-0.2, -0.15) is 0 Å². The van der Waals surface area contributed by atoms with Crippen LogP contribution in [0.4, 0.5) is 0 Å². The molecule has 4 heteroatoms. The lowest BCUT2D eigenvalue weighted by Crippen LogP contribution is -2.29. The third-order valence-corrected chi connectivity index (χ3v) is 8.28. The second-order valence-corrected chi connectivity index (χ2v) is 10.8. The summed E-state index contributed by atoms with van der Waals surface area (Å²) in [5.74, 6) is -0.295. The fraction of sp³-hybridized carbons (Fsp3) is 0.0312. The molecule has 0 N–H and O–H groups in total. The zero-order chi connectivity index (χ0) is 24.4. The number of fused-ring (bicyclic) bond motifs is 1. The van der Waals surface area contributed by atoms with Crippen molar-refractivity contribution >= 4 is 29.5 Å². The Morgan fingerprint density at radius 2 is 0.889 bits per heavy atom. The number of rotatable bonds is 6. The molecule has 2 nitrogen and oxygen atoms in total. The smallest absolute Gasteiger partial charge is 0.340 e. The van der Waals surface area contributed by atoms with E-state index in [0.29, 0.717) is 5.56 Å². The largest absolute Gasteiger partial charge is 0.441 e. The van der Waals surface area contributed by atoms with Crippen LogP contribution in [-0.2, 0) is 10.3 Å². The molecule has 1 heterocycles. The van der Waals surface area contributed by atoms with Crippen LogP contribution in [0.25, 0.3) is 0 Å². The average Bonchev–Trinajstić information content (AvgIpc) is 3.24. The highest BCUT2D eigenvalue weighted by atomic mass is 32.2. The van der Waals surface area contributed by atoms with Crippen molar-refractivity contribution in [2.45, 2.75) is 25.2 Å². The zero-order valence-corrected chi connectivity index (χ0v) is 21.0. The second kappa shape index (κ2) is 9.73. The predicted molar refractivity (Wildman–Crippen MR) is 146 cm³/mol. The van der Waals surface area contributed by atoms with Crippen LogP contribution in [0.1, 0.15) is 27.0 Å². The van der Waals surface area contributed by atoms with Gasteiger partial charge in [0.05, 0.1) is 5.56 Å². The molecule has 0 aliphatic carbocycles. The molecule has 0 amide bonds. The lowest BCUT2D eigenvalue weighted by Gasteiger charge is -2.30. The first-order chi connectivity index (χ1) is 17.7. The first-order valence-corrected chi connectivity index (χ1v) is 13.4. The average molecular weight is 503 g/mol. The van der Waals surface area contributed by atoms with Crippen LogP contribution >= 0.6 is 23.5 Å². The van der Waals surface area contributed by atoms with E-state index < -0.39 is 5.60 Å². The molecule has 5 aromatic rings. The molecule has 6 rings (SSSR count). The minimum Gasteiger partial charge on any atom is -0.441 e. The van der Waals surface area contributed by atoms with E-state index in [1.807, 2.05) is 60.7 Å². The molecule has 0 aromatic heterocycles. The normalized spacial score (nSPS) is 13.7. The van der Waals surface area contributed by atoms with Gasteiger partial charge in [-0.3, -0.25) is 0 Å². The van der Waals surface area contributed by atoms with Crippen molar-refractivity contribution < 1.29 is 9.53 Å². The third kappa shape index (κ3) is 4.23. The number of hydrogen-bond acceptors (Lipinski definition) is 4. The third-order valence-electron chi connectivity index (χ3n) is 6.25. The monoisotopic (exact) mass is 502 g/mol. The maximum atomic E-state index is 13.0. The number of cyclic esters (lactones) is 1. The Balaban J connectivity index is 1.39. The van der Waals surface area contributed by atoms with E-state index in [1.54, 1.807) is 23.5 Å². The number of esters is 1. The van der Waals surface area contributed by atoms with E-state index in [-0.39, 0.29) is 5.97 Å². The summed E-state index contributed by atoms with van der Waals surface area (Å²) < 4.78 is 6.26. The fourth-order valence-electron chi connectivity index (χ4n) is 4.58. The van der Waals surface area contributed by atoms with Gasteiger partial charge in [-0.15, -0.1) is 0 Å². The number of carbonyl (C=O) groups excluding carboxylic acids is 1. The summed E-state index contributed by atoms with van der Waals surface area (Å²) in [6, 6.07) is 45.0. The summed E-state index contributed by atoms with van der Waals surface area (Å²) in [6.07, 6.45) is 0. The van der Waals surface area contributed by atoms with Gasteiger partial charge in [-0.1, -0.05) is 102 Å². The van der Waals surface area contributed by atoms with E-state index in [4.69, 9.17) is 4.74 Å². The van der Waals surface area contributed by atoms with Crippen molar-refractivity contribution in [2.24, 2.45) is 0 Å². The Labute approximate surface area is 219 Å². The highest BCUT2D eigenvalue weighted by Crippen LogP contribution is 2.47. The summed E-state index contributed by atoms with van der Waals surface area (Å²) in [6.45, 7) is 0. The molecular formula is C32H22O2S2. The van der Waals surface area contributed by atoms with Crippen molar-refractivity contribution in [2.75, 3.05) is 0 Å². The first kappa shape index (κ1) is 22.7. The highest BCUT2D eigenvalue weighted by Gasteiger charge is 2.48. The Morgan fingerprint density at radius 3 is 1.39 bits per heavy atom. The second-order valence-electron chi connectivity index (χ2n) is 8.50. The van der Waals surface area contributed by atoms with Crippen LogP contribution in [0.5, 0.6) is 0 Å². The Morgan fingerprint density at radius 1 is 0.472 bits per heavy atom. The lowest BCUT2D eigenvalue weighted by molar-refractivity contribution is 0.0251. The van der Waals surface area contributed by atoms with Crippen molar-refractivity contribution in [3.05, 3.63) is 156 Å². The van der Waals surface area contributed by atoms with Gasteiger partial charge in [-0.25, -0.2) is 4.79 Å². The van der Waals surface area contributed by atoms with Gasteiger partial charge in [0.15, 0.2) is 5.60 Å². The van der Waals surface area contributed by atoms with Crippen LogP contribution < -0.4 is 0 Å². The van der Waals surface area contributed by atoms with Gasteiger partial charge in [0, 0.05) is 36.3 Å². The van der Waals surface area contributed by atoms with Crippen LogP contribution in [0, 0.1) is 0 Å². The standard InChI is InChI=1S/C32H22O2S2/c33-31-29-13-7-8-14-30(29)32(34-31,23-15-19-27(20-16-23)35-25-9-3-1-4-10-25)24-17-21-28(22-18-24)36-26-11-5-2-6-12-26/h1-22H. The number of ether oxygens (including phenoxy) is 1. The molecule has 0 saturated heterocycles. The molecule has 0 bridgehead atoms. The number of carbonyl (C=O) groups is 1. The molecule has 0 unspecified atom stereocenters. The van der Waals surface area contributed by atoms with Crippen LogP contribution in [0.2, 0.25) is 0 Å². The number of hydrogen-bond donors (Lipinski definition) is 0. The summed E-state index contributed by atoms with van der Waals surface area (Å²) >= 11 is 3.42. The van der Waals surface area contributed by atoms with E-state index in [0.717, 1.165) is 26.5 Å². The van der Waals surface area contributed by atoms with Crippen LogP contribution in [0.15, 0.2) is 153 Å². The van der Waals surface area contributed by atoms with Gasteiger partial charge in [-0.05, 0) is 54.6 Å². The van der Waals surface area contributed by atoms with Crippen LogP contribution in [-0.4, -0.2) is 5.97 Å². The highest BCUT2D eigenvalue weighted by molar-refractivity contribution is 7.99. The number of benzene rings is 5. The van der Waals surface area contributed by atoms with E-state index in [9.17, 15) is 4.79 Å².